The minimum atomic E-state index is -0.900. The summed E-state index contributed by atoms with van der Waals surface area (Å²) in [7, 11) is 0. The Morgan fingerprint density at radius 3 is 2.61 bits per heavy atom. The highest BCUT2D eigenvalue weighted by atomic mass is 16.5. The molecule has 3 N–H and O–H groups in total. The smallest absolute Gasteiger partial charge is 0.330 e. The number of hydrogen-bond acceptors (Lipinski definition) is 6. The third kappa shape index (κ3) is 3.77. The minimum absolute atomic E-state index is 0.0994. The number of hydrogen-bond donors (Lipinski definition) is 3. The summed E-state index contributed by atoms with van der Waals surface area (Å²) in [6.07, 6.45) is -1.17. The van der Waals surface area contributed by atoms with Gasteiger partial charge in [0, 0.05) is 30.0 Å². The normalized spacial score (nSPS) is 24.8. The van der Waals surface area contributed by atoms with Crippen LogP contribution in [0.25, 0.3) is 0 Å². The van der Waals surface area contributed by atoms with Crippen LogP contribution in [-0.2, 0) is 16.0 Å². The summed E-state index contributed by atoms with van der Waals surface area (Å²) in [6, 6.07) is 0. The highest BCUT2D eigenvalue weighted by molar-refractivity contribution is 5.85. The van der Waals surface area contributed by atoms with Crippen LogP contribution in [0.5, 0.6) is 0 Å². The van der Waals surface area contributed by atoms with Crippen LogP contribution in [0.3, 0.4) is 0 Å². The summed E-state index contributed by atoms with van der Waals surface area (Å²) in [5.74, 6) is -0.131. The zero-order valence-electron chi connectivity index (χ0n) is 13.4. The van der Waals surface area contributed by atoms with Gasteiger partial charge in [0.05, 0.1) is 12.7 Å². The largest absolute Gasteiger partial charge is 0.394 e. The topological polar surface area (TPSA) is 122 Å². The Balaban J connectivity index is 2.32. The molecule has 1 fully saturated rings. The summed E-state index contributed by atoms with van der Waals surface area (Å²) in [6.45, 7) is 4.89. The number of Topliss-reactive ketones (excluding diaryl/α,β-unsaturated/α-hetero) is 1. The number of aromatic nitrogens is 2. The highest BCUT2D eigenvalue weighted by Crippen LogP contribution is 2.27. The van der Waals surface area contributed by atoms with E-state index in [1.54, 1.807) is 20.8 Å². The standard InChI is InChI=1S/C15H22N2O6/c1-15(2,3)11(20)4-8-6-17(14(22)16-13(8)21)12-5-9(19)10(7-18)23-12/h6,9-10,12,18-19H,4-5,7H2,1-3H3,(H,16,21,22)/t9-,10+,12+/m0/s1. The molecule has 128 valence electrons. The van der Waals surface area contributed by atoms with Crippen LogP contribution in [-0.4, -0.2) is 44.4 Å². The molecule has 3 atom stereocenters. The molecule has 8 nitrogen and oxygen atoms in total. The highest BCUT2D eigenvalue weighted by Gasteiger charge is 2.35. The number of aromatic amines is 1. The summed E-state index contributed by atoms with van der Waals surface area (Å²) < 4.78 is 6.56. The molecule has 1 aromatic rings. The number of ether oxygens (including phenoxy) is 1. The molecule has 23 heavy (non-hydrogen) atoms. The molecule has 1 aliphatic heterocycles. The SMILES string of the molecule is CC(C)(C)C(=O)Cc1cn([C@H]2C[C@H](O)[C@@H](CO)O2)c(=O)[nH]c1=O. The van der Waals surface area contributed by atoms with Gasteiger partial charge in [-0.2, -0.15) is 0 Å². The lowest BCUT2D eigenvalue weighted by molar-refractivity contribution is -0.125. The van der Waals surface area contributed by atoms with E-state index in [-0.39, 0.29) is 30.8 Å². The number of H-pyrrole nitrogens is 1. The van der Waals surface area contributed by atoms with Crippen molar-refractivity contribution in [2.45, 2.75) is 52.0 Å². The summed E-state index contributed by atoms with van der Waals surface area (Å²) in [4.78, 5) is 38.1. The van der Waals surface area contributed by atoms with Crippen molar-refractivity contribution < 1.29 is 19.7 Å². The van der Waals surface area contributed by atoms with E-state index in [1.807, 2.05) is 0 Å². The van der Waals surface area contributed by atoms with Gasteiger partial charge in [0.25, 0.3) is 5.56 Å². The first kappa shape index (κ1) is 17.6. The van der Waals surface area contributed by atoms with E-state index in [2.05, 4.69) is 4.98 Å². The lowest BCUT2D eigenvalue weighted by atomic mass is 9.87. The van der Waals surface area contributed by atoms with Crippen molar-refractivity contribution in [2.75, 3.05) is 6.61 Å². The lowest BCUT2D eigenvalue weighted by Gasteiger charge is -2.18. The molecule has 0 aliphatic carbocycles. The molecule has 0 spiro atoms. The maximum atomic E-state index is 12.1. The first-order valence-corrected chi connectivity index (χ1v) is 7.45. The van der Waals surface area contributed by atoms with E-state index in [9.17, 15) is 19.5 Å². The van der Waals surface area contributed by atoms with Gasteiger partial charge in [-0.25, -0.2) is 4.79 Å². The zero-order chi connectivity index (χ0) is 17.4. The third-order valence-corrected chi connectivity index (χ3v) is 3.92. The maximum Gasteiger partial charge on any atom is 0.330 e. The minimum Gasteiger partial charge on any atom is -0.394 e. The Bertz CT molecular complexity index is 699. The Kier molecular flexibility index (Phi) is 4.88. The van der Waals surface area contributed by atoms with Gasteiger partial charge in [0.1, 0.15) is 18.1 Å². The fourth-order valence-electron chi connectivity index (χ4n) is 2.36. The second kappa shape index (κ2) is 6.38. The number of rotatable bonds is 4. The average Bonchev–Trinajstić information content (AvgIpc) is 2.81. The number of aliphatic hydroxyl groups excluding tert-OH is 2. The van der Waals surface area contributed by atoms with Gasteiger partial charge >= 0.3 is 5.69 Å². The van der Waals surface area contributed by atoms with Crippen LogP contribution in [0.4, 0.5) is 0 Å². The van der Waals surface area contributed by atoms with Crippen LogP contribution >= 0.6 is 0 Å². The summed E-state index contributed by atoms with van der Waals surface area (Å²) >= 11 is 0. The molecule has 0 aromatic carbocycles. The van der Waals surface area contributed by atoms with E-state index >= 15 is 0 Å². The van der Waals surface area contributed by atoms with E-state index in [4.69, 9.17) is 9.84 Å². The number of carbonyl (C=O) groups is 1. The Morgan fingerprint density at radius 1 is 1.43 bits per heavy atom. The van der Waals surface area contributed by atoms with Crippen LogP contribution in [0.15, 0.2) is 15.8 Å². The second-order valence-corrected chi connectivity index (χ2v) is 6.79. The van der Waals surface area contributed by atoms with E-state index in [0.29, 0.717) is 0 Å². The molecular formula is C15H22N2O6. The van der Waals surface area contributed by atoms with Crippen LogP contribution in [0.1, 0.15) is 39.0 Å². The Morgan fingerprint density at radius 2 is 2.09 bits per heavy atom. The van der Waals surface area contributed by atoms with Crippen LogP contribution in [0, 0.1) is 5.41 Å². The number of nitrogens with zero attached hydrogens (tertiary/aromatic N) is 1. The zero-order valence-corrected chi connectivity index (χ0v) is 13.4. The van der Waals surface area contributed by atoms with E-state index < -0.39 is 35.1 Å². The number of ketones is 1. The van der Waals surface area contributed by atoms with Crippen molar-refractivity contribution in [3.05, 3.63) is 32.6 Å². The molecule has 1 aromatic heterocycles. The quantitative estimate of drug-likeness (QED) is 0.675. The number of aliphatic hydroxyl groups is 2. The molecule has 2 rings (SSSR count). The van der Waals surface area contributed by atoms with Gasteiger partial charge in [0.15, 0.2) is 0 Å². The van der Waals surface area contributed by atoms with Gasteiger partial charge < -0.3 is 14.9 Å². The fraction of sp³-hybridized carbons (Fsp3) is 0.667. The van der Waals surface area contributed by atoms with Crippen molar-refractivity contribution in [1.29, 1.82) is 0 Å². The lowest BCUT2D eigenvalue weighted by Crippen LogP contribution is -2.36. The van der Waals surface area contributed by atoms with Crippen molar-refractivity contribution in [1.82, 2.24) is 9.55 Å². The number of carbonyl (C=O) groups excluding carboxylic acids is 1. The van der Waals surface area contributed by atoms with Gasteiger partial charge in [-0.15, -0.1) is 0 Å². The van der Waals surface area contributed by atoms with Crippen molar-refractivity contribution >= 4 is 5.78 Å². The molecule has 0 unspecified atom stereocenters. The molecule has 1 saturated heterocycles. The predicted molar refractivity (Wildman–Crippen MR) is 81.1 cm³/mol. The van der Waals surface area contributed by atoms with Crippen molar-refractivity contribution in [2.24, 2.45) is 5.41 Å². The summed E-state index contributed by atoms with van der Waals surface area (Å²) in [5, 5.41) is 18.9. The maximum absolute atomic E-state index is 12.1. The molecule has 8 heteroatoms. The molecule has 0 bridgehead atoms. The van der Waals surface area contributed by atoms with Gasteiger partial charge in [-0.3, -0.25) is 19.1 Å². The van der Waals surface area contributed by atoms with Gasteiger partial charge in [-0.05, 0) is 0 Å². The second-order valence-electron chi connectivity index (χ2n) is 6.79. The third-order valence-electron chi connectivity index (χ3n) is 3.92. The molecular weight excluding hydrogens is 304 g/mol. The molecule has 2 heterocycles. The van der Waals surface area contributed by atoms with Crippen LogP contribution < -0.4 is 11.2 Å². The molecule has 0 radical (unpaired) electrons. The Hall–Kier alpha value is -1.77. The first-order valence-electron chi connectivity index (χ1n) is 7.45. The summed E-state index contributed by atoms with van der Waals surface area (Å²) in [5.41, 5.74) is -1.73. The molecule has 1 aliphatic rings. The molecule has 0 amide bonds. The first-order chi connectivity index (χ1) is 10.6. The number of nitrogens with one attached hydrogen (secondary N) is 1. The monoisotopic (exact) mass is 326 g/mol. The van der Waals surface area contributed by atoms with E-state index in [1.165, 1.54) is 6.20 Å². The van der Waals surface area contributed by atoms with Gasteiger partial charge in [0.2, 0.25) is 0 Å². The Labute approximate surface area is 132 Å². The average molecular weight is 326 g/mol. The van der Waals surface area contributed by atoms with Crippen molar-refractivity contribution in [3.63, 3.8) is 0 Å². The van der Waals surface area contributed by atoms with Crippen molar-refractivity contribution in [3.8, 4) is 0 Å². The van der Waals surface area contributed by atoms with Crippen LogP contribution in [0.2, 0.25) is 0 Å². The predicted octanol–water partition coefficient (Wildman–Crippen LogP) is -0.665. The fourth-order valence-corrected chi connectivity index (χ4v) is 2.36. The van der Waals surface area contributed by atoms with E-state index in [0.717, 1.165) is 4.57 Å². The van der Waals surface area contributed by atoms with Gasteiger partial charge in [-0.1, -0.05) is 20.8 Å². The molecule has 0 saturated carbocycles.